The molecular weight excluding hydrogens is 516 g/mol. The lowest BCUT2D eigenvalue weighted by Crippen LogP contribution is -2.29. The molecule has 0 radical (unpaired) electrons. The Kier molecular flexibility index (Phi) is 7.48. The fourth-order valence-electron chi connectivity index (χ4n) is 6.74. The van der Waals surface area contributed by atoms with Crippen molar-refractivity contribution in [3.8, 4) is 5.00 Å². The largest absolute Gasteiger partial charge is 0.449 e. The smallest absolute Gasteiger partial charge is 0.196 e. The summed E-state index contributed by atoms with van der Waals surface area (Å²) in [5, 5.41) is 13.8. The van der Waals surface area contributed by atoms with Gasteiger partial charge in [-0.25, -0.2) is 4.98 Å². The molecule has 2 aliphatic heterocycles. The van der Waals surface area contributed by atoms with Gasteiger partial charge in [0, 0.05) is 22.5 Å². The number of fused-ring (bicyclic) bond motifs is 3. The molecule has 1 aliphatic carbocycles. The summed E-state index contributed by atoms with van der Waals surface area (Å²) in [6.07, 6.45) is 10.5. The molecule has 1 saturated carbocycles. The Morgan fingerprint density at radius 1 is 1.05 bits per heavy atom. The van der Waals surface area contributed by atoms with Crippen LogP contribution < -0.4 is 5.32 Å². The van der Waals surface area contributed by atoms with Crippen LogP contribution in [0.3, 0.4) is 0 Å². The molecule has 40 heavy (non-hydrogen) atoms. The van der Waals surface area contributed by atoms with Crippen LogP contribution in [0, 0.1) is 26.2 Å². The monoisotopic (exact) mass is 556 g/mol. The minimum absolute atomic E-state index is 0.238. The molecule has 5 heterocycles. The molecule has 2 fully saturated rings. The van der Waals surface area contributed by atoms with Crippen molar-refractivity contribution in [3.63, 3.8) is 0 Å². The van der Waals surface area contributed by atoms with Crippen molar-refractivity contribution in [1.82, 2.24) is 25.1 Å². The molecular formula is C32H40N6OS. The van der Waals surface area contributed by atoms with Gasteiger partial charge in [-0.1, -0.05) is 38.1 Å². The Balaban J connectivity index is 0.00000142. The fraction of sp³-hybridized carbons (Fsp3) is 0.500. The van der Waals surface area contributed by atoms with E-state index in [-0.39, 0.29) is 6.04 Å². The van der Waals surface area contributed by atoms with Crippen molar-refractivity contribution in [1.29, 1.82) is 0 Å². The molecule has 3 aliphatic rings. The van der Waals surface area contributed by atoms with Crippen molar-refractivity contribution in [2.75, 3.05) is 13.1 Å². The molecule has 3 aromatic heterocycles. The number of benzene rings is 1. The summed E-state index contributed by atoms with van der Waals surface area (Å²) in [4.78, 5) is 11.0. The third-order valence-electron chi connectivity index (χ3n) is 9.12. The van der Waals surface area contributed by atoms with Crippen LogP contribution in [0.15, 0.2) is 46.1 Å². The van der Waals surface area contributed by atoms with E-state index < -0.39 is 0 Å². The van der Waals surface area contributed by atoms with Gasteiger partial charge in [-0.3, -0.25) is 9.56 Å². The lowest BCUT2D eigenvalue weighted by Gasteiger charge is -2.37. The number of hydrogen-bond donors (Lipinski definition) is 1. The molecule has 1 unspecified atom stereocenters. The second kappa shape index (κ2) is 11.1. The quantitative estimate of drug-likeness (QED) is 0.292. The van der Waals surface area contributed by atoms with Crippen molar-refractivity contribution >= 4 is 17.0 Å². The third kappa shape index (κ3) is 4.75. The van der Waals surface area contributed by atoms with E-state index in [1.165, 1.54) is 66.8 Å². The van der Waals surface area contributed by atoms with Gasteiger partial charge in [0.05, 0.1) is 18.3 Å². The average Bonchev–Trinajstić information content (AvgIpc) is 3.77. The van der Waals surface area contributed by atoms with E-state index in [0.29, 0.717) is 23.6 Å². The number of rotatable bonds is 4. The molecule has 0 amide bonds. The maximum Gasteiger partial charge on any atom is 0.196 e. The Labute approximate surface area is 241 Å². The van der Waals surface area contributed by atoms with Gasteiger partial charge in [0.15, 0.2) is 11.7 Å². The molecule has 4 aromatic rings. The molecule has 8 heteroatoms. The van der Waals surface area contributed by atoms with E-state index in [4.69, 9.17) is 9.41 Å². The number of thiophene rings is 1. The molecule has 210 valence electrons. The SMILES string of the molecule is CC.Cc1sc2c(c1C)C(c1ccc(C3CCC4(CCNC4)CC3)cc1)=NC(Cc1ncco1)c1nnc(C)n1-2. The number of oxazole rings is 1. The first-order valence-electron chi connectivity index (χ1n) is 14.8. The minimum atomic E-state index is -0.238. The van der Waals surface area contributed by atoms with Crippen molar-refractivity contribution in [3.05, 3.63) is 81.4 Å². The number of hydrogen-bond acceptors (Lipinski definition) is 7. The summed E-state index contributed by atoms with van der Waals surface area (Å²) in [6.45, 7) is 12.8. The summed E-state index contributed by atoms with van der Waals surface area (Å²) in [6, 6.07) is 9.03. The van der Waals surface area contributed by atoms with Gasteiger partial charge < -0.3 is 9.73 Å². The third-order valence-corrected chi connectivity index (χ3v) is 10.3. The molecule has 7 nitrogen and oxygen atoms in total. The first-order chi connectivity index (χ1) is 19.5. The normalized spacial score (nSPS) is 23.7. The van der Waals surface area contributed by atoms with E-state index in [1.54, 1.807) is 23.8 Å². The van der Waals surface area contributed by atoms with Crippen LogP contribution in [-0.2, 0) is 6.42 Å². The molecule has 7 rings (SSSR count). The van der Waals surface area contributed by atoms with E-state index >= 15 is 0 Å². The Bertz CT molecular complexity index is 1480. The van der Waals surface area contributed by atoms with E-state index in [1.807, 2.05) is 20.8 Å². The van der Waals surface area contributed by atoms with Gasteiger partial charge in [-0.2, -0.15) is 0 Å². The van der Waals surface area contributed by atoms with Crippen LogP contribution in [0.25, 0.3) is 5.00 Å². The highest BCUT2D eigenvalue weighted by Gasteiger charge is 2.38. The summed E-state index contributed by atoms with van der Waals surface area (Å²) in [7, 11) is 0. The van der Waals surface area contributed by atoms with Gasteiger partial charge in [0.2, 0.25) is 0 Å². The average molecular weight is 557 g/mol. The summed E-state index contributed by atoms with van der Waals surface area (Å²) in [5.74, 6) is 3.03. The topological polar surface area (TPSA) is 81.1 Å². The molecule has 1 atom stereocenters. The molecule has 1 aromatic carbocycles. The number of nitrogens with zero attached hydrogens (tertiary/aromatic N) is 5. The Morgan fingerprint density at radius 3 is 2.50 bits per heavy atom. The Hall–Kier alpha value is -3.10. The van der Waals surface area contributed by atoms with E-state index in [0.717, 1.165) is 27.9 Å². The van der Waals surface area contributed by atoms with E-state index in [2.05, 4.69) is 63.2 Å². The highest BCUT2D eigenvalue weighted by Crippen LogP contribution is 2.46. The zero-order valence-electron chi connectivity index (χ0n) is 24.3. The first-order valence-corrected chi connectivity index (χ1v) is 15.6. The maximum absolute atomic E-state index is 5.62. The zero-order valence-corrected chi connectivity index (χ0v) is 25.1. The molecule has 1 saturated heterocycles. The highest BCUT2D eigenvalue weighted by atomic mass is 32.1. The number of aryl methyl sites for hydroxylation is 2. The zero-order chi connectivity index (χ0) is 27.9. The second-order valence-electron chi connectivity index (χ2n) is 11.4. The fourth-order valence-corrected chi connectivity index (χ4v) is 7.96. The molecule has 1 N–H and O–H groups in total. The van der Waals surface area contributed by atoms with Crippen LogP contribution in [-0.4, -0.2) is 38.5 Å². The van der Waals surface area contributed by atoms with Crippen LogP contribution in [0.5, 0.6) is 0 Å². The maximum atomic E-state index is 5.62. The van der Waals surface area contributed by atoms with Gasteiger partial charge >= 0.3 is 0 Å². The van der Waals surface area contributed by atoms with Gasteiger partial charge in [0.25, 0.3) is 0 Å². The Morgan fingerprint density at radius 2 is 1.82 bits per heavy atom. The lowest BCUT2D eigenvalue weighted by atomic mass is 9.68. The predicted octanol–water partition coefficient (Wildman–Crippen LogP) is 7.04. The van der Waals surface area contributed by atoms with Crippen LogP contribution in [0.2, 0.25) is 0 Å². The van der Waals surface area contributed by atoms with Crippen molar-refractivity contribution < 1.29 is 4.42 Å². The molecule has 0 bridgehead atoms. The van der Waals surface area contributed by atoms with Crippen molar-refractivity contribution in [2.45, 2.75) is 85.1 Å². The summed E-state index contributed by atoms with van der Waals surface area (Å²) in [5.41, 5.74) is 6.66. The van der Waals surface area contributed by atoms with Gasteiger partial charge in [0.1, 0.15) is 23.1 Å². The minimum Gasteiger partial charge on any atom is -0.449 e. The second-order valence-corrected chi connectivity index (χ2v) is 12.6. The highest BCUT2D eigenvalue weighted by molar-refractivity contribution is 7.15. The summed E-state index contributed by atoms with van der Waals surface area (Å²) < 4.78 is 7.81. The molecule has 1 spiro atoms. The van der Waals surface area contributed by atoms with Crippen LogP contribution >= 0.6 is 11.3 Å². The van der Waals surface area contributed by atoms with Crippen molar-refractivity contribution in [2.24, 2.45) is 10.4 Å². The first kappa shape index (κ1) is 27.1. The number of aliphatic imine (C=N–C) groups is 1. The standard InChI is InChI=1S/C30H34N6OS.C2H6/c1-18-19(2)38-29-26(18)27(33-24(16-25-32-14-15-37-25)28-35-34-20(3)36(28)29)23-6-4-21(5-7-23)22-8-10-30(11-9-22)12-13-31-17-30;1-2/h4-7,14-15,22,24,31H,8-13,16-17H2,1-3H3;1-2H3. The predicted molar refractivity (Wildman–Crippen MR) is 161 cm³/mol. The van der Waals surface area contributed by atoms with Crippen LogP contribution in [0.1, 0.15) is 103 Å². The van der Waals surface area contributed by atoms with Gasteiger partial charge in [-0.05, 0) is 81.9 Å². The summed E-state index contributed by atoms with van der Waals surface area (Å²) >= 11 is 1.79. The van der Waals surface area contributed by atoms with Gasteiger partial charge in [-0.15, -0.1) is 21.5 Å². The number of aromatic nitrogens is 4. The van der Waals surface area contributed by atoms with E-state index in [9.17, 15) is 0 Å². The lowest BCUT2D eigenvalue weighted by molar-refractivity contribution is 0.199. The number of nitrogens with one attached hydrogen (secondary N) is 1. The van der Waals surface area contributed by atoms with Crippen LogP contribution in [0.4, 0.5) is 0 Å².